The van der Waals surface area contributed by atoms with Gasteiger partial charge in [-0.05, 0) is 46.1 Å². The van der Waals surface area contributed by atoms with E-state index in [4.69, 9.17) is 4.43 Å². The minimum atomic E-state index is -0.457. The van der Waals surface area contributed by atoms with Crippen LogP contribution in [0.15, 0.2) is 0 Å². The molecule has 0 aliphatic rings. The lowest BCUT2D eigenvalue weighted by Gasteiger charge is -2.13. The molecule has 0 heterocycles. The van der Waals surface area contributed by atoms with Crippen LogP contribution in [0, 0.1) is 0 Å². The highest BCUT2D eigenvalue weighted by Gasteiger charge is 2.08. The van der Waals surface area contributed by atoms with Crippen molar-refractivity contribution in [3.8, 4) is 0 Å². The molecule has 0 N–H and O–H groups in total. The summed E-state index contributed by atoms with van der Waals surface area (Å²) in [7, 11) is 3.79. The fourth-order valence-corrected chi connectivity index (χ4v) is 2.81. The summed E-state index contributed by atoms with van der Waals surface area (Å²) in [5.41, 5.74) is 0. The van der Waals surface area contributed by atoms with Crippen LogP contribution in [-0.2, 0) is 4.43 Å². The minimum absolute atomic E-state index is 0.457. The molecule has 0 saturated carbocycles. The fourth-order valence-electron chi connectivity index (χ4n) is 1.15. The normalized spacial score (nSPS) is 11.5. The summed E-state index contributed by atoms with van der Waals surface area (Å²) in [5.74, 6) is 0. The molecule has 0 aliphatic carbocycles. The summed E-state index contributed by atoms with van der Waals surface area (Å²) in [5, 5.41) is 0. The summed E-state index contributed by atoms with van der Waals surface area (Å²) < 4.78 is 5.66. The largest absolute Gasteiger partial charge is 0.417 e. The maximum atomic E-state index is 5.66. The van der Waals surface area contributed by atoms with Crippen molar-refractivity contribution in [2.75, 3.05) is 27.2 Å². The highest BCUT2D eigenvalue weighted by molar-refractivity contribution is 6.51. The van der Waals surface area contributed by atoms with Crippen LogP contribution in [0.1, 0.15) is 20.3 Å². The van der Waals surface area contributed by atoms with E-state index in [0.717, 1.165) is 6.61 Å². The minimum Gasteiger partial charge on any atom is -0.417 e. The Balaban J connectivity index is 3.31. The molecule has 0 unspecified atom stereocenters. The van der Waals surface area contributed by atoms with Gasteiger partial charge in [0.05, 0.1) is 0 Å². The van der Waals surface area contributed by atoms with E-state index in [9.17, 15) is 0 Å². The molecular weight excluding hydrogens is 166 g/mol. The van der Waals surface area contributed by atoms with E-state index in [1.165, 1.54) is 25.1 Å². The van der Waals surface area contributed by atoms with Crippen LogP contribution in [-0.4, -0.2) is 41.2 Å². The van der Waals surface area contributed by atoms with Gasteiger partial charge in [-0.3, -0.25) is 0 Å². The number of rotatable bonds is 7. The highest BCUT2D eigenvalue weighted by Crippen LogP contribution is 2.04. The van der Waals surface area contributed by atoms with Gasteiger partial charge in [0.15, 0.2) is 0 Å². The third kappa shape index (κ3) is 6.82. The molecule has 0 fully saturated rings. The average molecular weight is 188 g/mol. The smallest absolute Gasteiger partial charge is 0.211 e. The fraction of sp³-hybridized carbons (Fsp3) is 1.00. The van der Waals surface area contributed by atoms with Gasteiger partial charge in [-0.25, -0.2) is 0 Å². The third-order valence-electron chi connectivity index (χ3n) is 1.80. The molecule has 0 spiro atoms. The van der Waals surface area contributed by atoms with Crippen molar-refractivity contribution in [2.45, 2.75) is 32.4 Å². The zero-order valence-corrected chi connectivity index (χ0v) is 9.89. The summed E-state index contributed by atoms with van der Waals surface area (Å²) >= 11 is 0. The maximum absolute atomic E-state index is 5.66. The predicted octanol–water partition coefficient (Wildman–Crippen LogP) is 1.99. The Labute approximate surface area is 78.6 Å². The van der Waals surface area contributed by atoms with E-state index >= 15 is 0 Å². The van der Waals surface area contributed by atoms with Gasteiger partial charge >= 0.3 is 0 Å². The molecular formula is C9H22NOSi. The topological polar surface area (TPSA) is 12.5 Å². The molecule has 0 aromatic carbocycles. The molecule has 1 radical (unpaired) electrons. The third-order valence-corrected chi connectivity index (χ3v) is 4.20. The Morgan fingerprint density at radius 1 is 1.25 bits per heavy atom. The first-order chi connectivity index (χ1) is 5.70. The summed E-state index contributed by atoms with van der Waals surface area (Å²) in [4.78, 5) is 2.24. The molecule has 12 heavy (non-hydrogen) atoms. The zero-order valence-electron chi connectivity index (χ0n) is 8.89. The van der Waals surface area contributed by atoms with Crippen molar-refractivity contribution < 1.29 is 4.43 Å². The highest BCUT2D eigenvalue weighted by atomic mass is 28.3. The molecule has 0 amide bonds. The van der Waals surface area contributed by atoms with Crippen molar-refractivity contribution >= 4 is 9.04 Å². The molecule has 0 bridgehead atoms. The van der Waals surface area contributed by atoms with Gasteiger partial charge in [0.2, 0.25) is 9.04 Å². The zero-order chi connectivity index (χ0) is 9.40. The van der Waals surface area contributed by atoms with E-state index in [0.29, 0.717) is 0 Å². The Morgan fingerprint density at radius 2 is 1.92 bits per heavy atom. The second-order valence-corrected chi connectivity index (χ2v) is 5.81. The molecule has 0 aromatic rings. The summed E-state index contributed by atoms with van der Waals surface area (Å²) in [6.07, 6.45) is 1.29. The molecule has 0 atom stereocenters. The number of nitrogens with zero attached hydrogens (tertiary/aromatic N) is 1. The summed E-state index contributed by atoms with van der Waals surface area (Å²) in [6, 6.07) is 2.54. The molecule has 0 aromatic heterocycles. The van der Waals surface area contributed by atoms with Gasteiger partial charge in [-0.15, -0.1) is 0 Å². The Morgan fingerprint density at radius 3 is 2.33 bits per heavy atom. The molecule has 0 saturated heterocycles. The van der Waals surface area contributed by atoms with Gasteiger partial charge in [0.1, 0.15) is 0 Å². The number of hydrogen-bond donors (Lipinski definition) is 0. The van der Waals surface area contributed by atoms with Crippen LogP contribution in [0.4, 0.5) is 0 Å². The van der Waals surface area contributed by atoms with E-state index in [1.807, 2.05) is 0 Å². The van der Waals surface area contributed by atoms with Crippen LogP contribution in [0.2, 0.25) is 12.1 Å². The number of hydrogen-bond acceptors (Lipinski definition) is 2. The van der Waals surface area contributed by atoms with Crippen molar-refractivity contribution in [1.29, 1.82) is 0 Å². The maximum Gasteiger partial charge on any atom is 0.211 e. The SMILES string of the molecule is CCO[Si](CC)CCCN(C)C. The van der Waals surface area contributed by atoms with Crippen LogP contribution in [0.25, 0.3) is 0 Å². The Kier molecular flexibility index (Phi) is 7.86. The first-order valence-electron chi connectivity index (χ1n) is 4.82. The molecule has 2 nitrogen and oxygen atoms in total. The van der Waals surface area contributed by atoms with Gasteiger partial charge in [-0.2, -0.15) is 0 Å². The van der Waals surface area contributed by atoms with E-state index in [1.54, 1.807) is 0 Å². The Bertz CT molecular complexity index is 98.5. The molecule has 3 heteroatoms. The standard InChI is InChI=1S/C9H22NOSi/c1-5-11-12(6-2)9-7-8-10(3)4/h5-9H2,1-4H3. The summed E-state index contributed by atoms with van der Waals surface area (Å²) in [6.45, 7) is 6.41. The van der Waals surface area contributed by atoms with E-state index in [-0.39, 0.29) is 0 Å². The van der Waals surface area contributed by atoms with Gasteiger partial charge < -0.3 is 9.33 Å². The predicted molar refractivity (Wildman–Crippen MR) is 55.8 cm³/mol. The van der Waals surface area contributed by atoms with Gasteiger partial charge in [0, 0.05) is 6.61 Å². The van der Waals surface area contributed by atoms with Crippen molar-refractivity contribution in [3.05, 3.63) is 0 Å². The second kappa shape index (κ2) is 7.77. The lowest BCUT2D eigenvalue weighted by molar-refractivity contribution is 0.336. The van der Waals surface area contributed by atoms with Gasteiger partial charge in [-0.1, -0.05) is 6.92 Å². The van der Waals surface area contributed by atoms with Gasteiger partial charge in [0.25, 0.3) is 0 Å². The van der Waals surface area contributed by atoms with Crippen LogP contribution < -0.4 is 0 Å². The lowest BCUT2D eigenvalue weighted by Crippen LogP contribution is -2.20. The van der Waals surface area contributed by atoms with Crippen molar-refractivity contribution in [3.63, 3.8) is 0 Å². The average Bonchev–Trinajstić information content (AvgIpc) is 2.02. The van der Waals surface area contributed by atoms with Crippen LogP contribution in [0.5, 0.6) is 0 Å². The van der Waals surface area contributed by atoms with E-state index < -0.39 is 9.04 Å². The van der Waals surface area contributed by atoms with Crippen LogP contribution >= 0.6 is 0 Å². The second-order valence-electron chi connectivity index (χ2n) is 3.23. The monoisotopic (exact) mass is 188 g/mol. The Hall–Kier alpha value is 0.137. The first-order valence-corrected chi connectivity index (χ1v) is 6.65. The van der Waals surface area contributed by atoms with E-state index in [2.05, 4.69) is 32.8 Å². The lowest BCUT2D eigenvalue weighted by atomic mass is 10.5. The first kappa shape index (κ1) is 12.1. The van der Waals surface area contributed by atoms with Crippen molar-refractivity contribution in [2.24, 2.45) is 0 Å². The quantitative estimate of drug-likeness (QED) is 0.567. The van der Waals surface area contributed by atoms with Crippen molar-refractivity contribution in [1.82, 2.24) is 4.90 Å². The molecule has 0 aliphatic heterocycles. The molecule has 0 rings (SSSR count). The molecule has 73 valence electrons. The van der Waals surface area contributed by atoms with Crippen LogP contribution in [0.3, 0.4) is 0 Å².